The number of carbonyl (C=O) groups is 3. The highest BCUT2D eigenvalue weighted by Crippen LogP contribution is 1.90. The lowest BCUT2D eigenvalue weighted by atomic mass is 10.4. The van der Waals surface area contributed by atoms with Crippen LogP contribution in [0.4, 0.5) is 4.79 Å². The molecule has 104 valence electrons. The summed E-state index contributed by atoms with van der Waals surface area (Å²) >= 11 is 0. The number of hydrogen-bond donors (Lipinski definition) is 3. The van der Waals surface area contributed by atoms with Crippen molar-refractivity contribution < 1.29 is 19.5 Å². The summed E-state index contributed by atoms with van der Waals surface area (Å²) in [6.07, 6.45) is 0. The second-order valence-electron chi connectivity index (χ2n) is 4.03. The maximum atomic E-state index is 11.4. The molecule has 8 heteroatoms. The molecule has 0 radical (unpaired) electrons. The average molecular weight is 260 g/mol. The van der Waals surface area contributed by atoms with Crippen LogP contribution in [-0.4, -0.2) is 80.1 Å². The summed E-state index contributed by atoms with van der Waals surface area (Å²) in [6, 6.07) is -0.608. The Labute approximate surface area is 106 Å². The van der Waals surface area contributed by atoms with E-state index < -0.39 is 17.9 Å². The number of carbonyl (C=O) groups excluding carboxylic acids is 2. The Morgan fingerprint density at radius 2 is 1.72 bits per heavy atom. The number of carboxylic acids is 1. The molecule has 0 saturated carbocycles. The molecule has 0 unspecified atom stereocenters. The van der Waals surface area contributed by atoms with E-state index in [0.717, 1.165) is 0 Å². The highest BCUT2D eigenvalue weighted by molar-refractivity contribution is 5.95. The first kappa shape index (κ1) is 16.3. The first-order chi connectivity index (χ1) is 8.35. The van der Waals surface area contributed by atoms with Gasteiger partial charge in [-0.2, -0.15) is 0 Å². The smallest absolute Gasteiger partial charge is 0.321 e. The summed E-state index contributed by atoms with van der Waals surface area (Å²) < 4.78 is 0. The van der Waals surface area contributed by atoms with Gasteiger partial charge in [0.15, 0.2) is 0 Å². The topological polar surface area (TPSA) is 102 Å². The molecular formula is C10H20N4O4. The summed E-state index contributed by atoms with van der Waals surface area (Å²) in [7, 11) is 5.09. The van der Waals surface area contributed by atoms with Gasteiger partial charge in [0.1, 0.15) is 0 Å². The van der Waals surface area contributed by atoms with Crippen molar-refractivity contribution in [1.29, 1.82) is 0 Å². The van der Waals surface area contributed by atoms with Crippen LogP contribution in [-0.2, 0) is 9.59 Å². The van der Waals surface area contributed by atoms with Crippen LogP contribution in [0.5, 0.6) is 0 Å². The zero-order chi connectivity index (χ0) is 14.1. The average Bonchev–Trinajstić information content (AvgIpc) is 2.24. The van der Waals surface area contributed by atoms with Crippen molar-refractivity contribution in [2.45, 2.75) is 0 Å². The number of imide groups is 1. The van der Waals surface area contributed by atoms with E-state index in [4.69, 9.17) is 5.11 Å². The van der Waals surface area contributed by atoms with E-state index >= 15 is 0 Å². The van der Waals surface area contributed by atoms with E-state index in [1.54, 1.807) is 0 Å². The Kier molecular flexibility index (Phi) is 7.64. The van der Waals surface area contributed by atoms with Crippen LogP contribution in [0.1, 0.15) is 0 Å². The molecule has 0 bridgehead atoms. The Bertz CT molecular complexity index is 306. The lowest BCUT2D eigenvalue weighted by Crippen LogP contribution is -2.46. The third-order valence-corrected chi connectivity index (χ3v) is 2.07. The zero-order valence-corrected chi connectivity index (χ0v) is 10.9. The zero-order valence-electron chi connectivity index (χ0n) is 10.9. The van der Waals surface area contributed by atoms with Crippen LogP contribution in [0.25, 0.3) is 0 Å². The van der Waals surface area contributed by atoms with Gasteiger partial charge in [0, 0.05) is 20.1 Å². The van der Waals surface area contributed by atoms with Gasteiger partial charge in [-0.15, -0.1) is 0 Å². The van der Waals surface area contributed by atoms with Crippen molar-refractivity contribution in [3.8, 4) is 0 Å². The maximum absolute atomic E-state index is 11.4. The number of aliphatic carboxylic acids is 1. The predicted molar refractivity (Wildman–Crippen MR) is 65.2 cm³/mol. The molecule has 0 aromatic heterocycles. The SMILES string of the molecule is CNC(=O)NC(=O)CN(CCN(C)C)CC(=O)O. The summed E-state index contributed by atoms with van der Waals surface area (Å²) in [5, 5.41) is 13.1. The number of carboxylic acid groups (broad SMARTS) is 1. The minimum atomic E-state index is -1.01. The molecule has 0 aromatic carbocycles. The molecule has 0 atom stereocenters. The number of hydrogen-bond acceptors (Lipinski definition) is 5. The minimum Gasteiger partial charge on any atom is -0.480 e. The molecule has 3 N–H and O–H groups in total. The van der Waals surface area contributed by atoms with Gasteiger partial charge in [-0.25, -0.2) is 4.79 Å². The molecule has 0 rings (SSSR count). The van der Waals surface area contributed by atoms with Crippen molar-refractivity contribution in [3.63, 3.8) is 0 Å². The van der Waals surface area contributed by atoms with Crippen LogP contribution in [0.15, 0.2) is 0 Å². The normalized spacial score (nSPS) is 10.5. The molecule has 3 amide bonds. The molecule has 0 fully saturated rings. The van der Waals surface area contributed by atoms with Crippen molar-refractivity contribution in [2.75, 3.05) is 47.3 Å². The molecule has 18 heavy (non-hydrogen) atoms. The summed E-state index contributed by atoms with van der Waals surface area (Å²) in [5.74, 6) is -1.55. The maximum Gasteiger partial charge on any atom is 0.321 e. The predicted octanol–water partition coefficient (Wildman–Crippen LogP) is -1.61. The Balaban J connectivity index is 4.25. The van der Waals surface area contributed by atoms with Crippen LogP contribution >= 0.6 is 0 Å². The van der Waals surface area contributed by atoms with Crippen molar-refractivity contribution in [2.24, 2.45) is 0 Å². The molecule has 0 saturated heterocycles. The third kappa shape index (κ3) is 8.48. The van der Waals surface area contributed by atoms with E-state index in [0.29, 0.717) is 13.1 Å². The highest BCUT2D eigenvalue weighted by Gasteiger charge is 2.15. The Hall–Kier alpha value is -1.67. The van der Waals surface area contributed by atoms with E-state index in [1.807, 2.05) is 19.0 Å². The standard InChI is InChI=1S/C10H20N4O4/c1-11-10(18)12-8(15)6-14(7-9(16)17)5-4-13(2)3/h4-7H2,1-3H3,(H,16,17)(H2,11,12,15,18). The van der Waals surface area contributed by atoms with E-state index in [-0.39, 0.29) is 13.1 Å². The quantitative estimate of drug-likeness (QED) is 0.509. The molecule has 0 spiro atoms. The Morgan fingerprint density at radius 3 is 2.17 bits per heavy atom. The number of nitrogens with one attached hydrogen (secondary N) is 2. The molecule has 8 nitrogen and oxygen atoms in total. The van der Waals surface area contributed by atoms with Crippen LogP contribution in [0.2, 0.25) is 0 Å². The third-order valence-electron chi connectivity index (χ3n) is 2.07. The fraction of sp³-hybridized carbons (Fsp3) is 0.700. The number of nitrogens with zero attached hydrogens (tertiary/aromatic N) is 2. The second kappa shape index (κ2) is 8.43. The van der Waals surface area contributed by atoms with Crippen molar-refractivity contribution in [1.82, 2.24) is 20.4 Å². The second-order valence-corrected chi connectivity index (χ2v) is 4.03. The summed E-state index contributed by atoms with van der Waals surface area (Å²) in [6.45, 7) is 0.684. The van der Waals surface area contributed by atoms with Gasteiger partial charge in [0.05, 0.1) is 13.1 Å². The number of amides is 3. The molecule has 0 aromatic rings. The first-order valence-corrected chi connectivity index (χ1v) is 5.45. The van der Waals surface area contributed by atoms with Crippen LogP contribution in [0.3, 0.4) is 0 Å². The molecule has 0 aliphatic heterocycles. The fourth-order valence-electron chi connectivity index (χ4n) is 1.18. The van der Waals surface area contributed by atoms with Crippen molar-refractivity contribution >= 4 is 17.9 Å². The van der Waals surface area contributed by atoms with E-state index in [9.17, 15) is 14.4 Å². The Morgan fingerprint density at radius 1 is 1.11 bits per heavy atom. The fourth-order valence-corrected chi connectivity index (χ4v) is 1.18. The van der Waals surface area contributed by atoms with Gasteiger partial charge in [0.25, 0.3) is 0 Å². The van der Waals surface area contributed by atoms with E-state index in [1.165, 1.54) is 11.9 Å². The number of urea groups is 1. The molecule has 0 aliphatic carbocycles. The van der Waals surface area contributed by atoms with Gasteiger partial charge in [-0.3, -0.25) is 19.8 Å². The largest absolute Gasteiger partial charge is 0.480 e. The molecule has 0 heterocycles. The molecular weight excluding hydrogens is 240 g/mol. The van der Waals surface area contributed by atoms with Gasteiger partial charge in [-0.05, 0) is 14.1 Å². The van der Waals surface area contributed by atoms with Gasteiger partial charge in [0.2, 0.25) is 5.91 Å². The molecule has 0 aliphatic rings. The van der Waals surface area contributed by atoms with Crippen molar-refractivity contribution in [3.05, 3.63) is 0 Å². The van der Waals surface area contributed by atoms with Gasteiger partial charge >= 0.3 is 12.0 Å². The number of likely N-dealkylation sites (N-methyl/N-ethyl adjacent to an activating group) is 1. The van der Waals surface area contributed by atoms with Gasteiger partial charge in [-0.1, -0.05) is 0 Å². The summed E-state index contributed by atoms with van der Waals surface area (Å²) in [4.78, 5) is 36.3. The summed E-state index contributed by atoms with van der Waals surface area (Å²) in [5.41, 5.74) is 0. The number of rotatable bonds is 7. The van der Waals surface area contributed by atoms with Gasteiger partial charge < -0.3 is 15.3 Å². The lowest BCUT2D eigenvalue weighted by molar-refractivity contribution is -0.138. The highest BCUT2D eigenvalue weighted by atomic mass is 16.4. The first-order valence-electron chi connectivity index (χ1n) is 5.45. The lowest BCUT2D eigenvalue weighted by Gasteiger charge is -2.21. The monoisotopic (exact) mass is 260 g/mol. The van der Waals surface area contributed by atoms with E-state index in [2.05, 4.69) is 10.6 Å². The van der Waals surface area contributed by atoms with Crippen LogP contribution < -0.4 is 10.6 Å². The van der Waals surface area contributed by atoms with Crippen LogP contribution in [0, 0.1) is 0 Å². The minimum absolute atomic E-state index is 0.131.